The van der Waals surface area contributed by atoms with E-state index in [0.29, 0.717) is 6.04 Å². The van der Waals surface area contributed by atoms with Crippen molar-refractivity contribution >= 4 is 5.96 Å². The van der Waals surface area contributed by atoms with Crippen LogP contribution in [0.5, 0.6) is 0 Å². The molecule has 1 heterocycles. The maximum atomic E-state index is 4.44. The Bertz CT molecular complexity index is 464. The van der Waals surface area contributed by atoms with Gasteiger partial charge in [-0.3, -0.25) is 4.99 Å². The van der Waals surface area contributed by atoms with E-state index in [1.165, 1.54) is 24.8 Å². The van der Waals surface area contributed by atoms with Crippen LogP contribution in [-0.4, -0.2) is 37.0 Å². The largest absolute Gasteiger partial charge is 0.354 e. The Balaban J connectivity index is 1.72. The molecule has 0 bridgehead atoms. The number of guanidine groups is 1. The number of hydrogen-bond donors (Lipinski definition) is 1. The van der Waals surface area contributed by atoms with Crippen molar-refractivity contribution in [2.75, 3.05) is 20.1 Å². The summed E-state index contributed by atoms with van der Waals surface area (Å²) in [5, 5.41) is 3.55. The van der Waals surface area contributed by atoms with Crippen molar-refractivity contribution in [1.82, 2.24) is 10.2 Å². The highest BCUT2D eigenvalue weighted by Crippen LogP contribution is 2.34. The van der Waals surface area contributed by atoms with Crippen LogP contribution in [0.15, 0.2) is 35.3 Å². The lowest BCUT2D eigenvalue weighted by atomic mass is 9.82. The highest BCUT2D eigenvalue weighted by Gasteiger charge is 2.37. The Morgan fingerprint density at radius 2 is 2.05 bits per heavy atom. The summed E-state index contributed by atoms with van der Waals surface area (Å²) in [6, 6.07) is 11.5. The lowest BCUT2D eigenvalue weighted by Gasteiger charge is -2.27. The average Bonchev–Trinajstić information content (AvgIpc) is 3.18. The van der Waals surface area contributed by atoms with Crippen LogP contribution in [0.25, 0.3) is 0 Å². The number of rotatable bonds is 2. The van der Waals surface area contributed by atoms with Gasteiger partial charge >= 0.3 is 0 Å². The first-order valence-electron chi connectivity index (χ1n) is 7.25. The van der Waals surface area contributed by atoms with Crippen LogP contribution in [0.4, 0.5) is 0 Å². The predicted octanol–water partition coefficient (Wildman–Crippen LogP) is 2.39. The smallest absolute Gasteiger partial charge is 0.193 e. The van der Waals surface area contributed by atoms with Crippen molar-refractivity contribution in [3.05, 3.63) is 35.9 Å². The lowest BCUT2D eigenvalue weighted by molar-refractivity contribution is 0.438. The summed E-state index contributed by atoms with van der Waals surface area (Å²) in [6.45, 7) is 4.52. The first-order valence-corrected chi connectivity index (χ1v) is 7.25. The number of aliphatic imine (C=N–C) groups is 1. The minimum absolute atomic E-state index is 0.252. The van der Waals surface area contributed by atoms with E-state index < -0.39 is 0 Å². The number of nitrogens with one attached hydrogen (secondary N) is 1. The van der Waals surface area contributed by atoms with Crippen molar-refractivity contribution in [2.45, 2.75) is 37.6 Å². The van der Waals surface area contributed by atoms with Gasteiger partial charge in [-0.25, -0.2) is 0 Å². The summed E-state index contributed by atoms with van der Waals surface area (Å²) in [5.74, 6) is 1.09. The predicted molar refractivity (Wildman–Crippen MR) is 79.5 cm³/mol. The molecule has 0 amide bonds. The molecule has 0 radical (unpaired) electrons. The first-order chi connectivity index (χ1) is 9.21. The Labute approximate surface area is 115 Å². The first kappa shape index (κ1) is 12.5. The molecule has 1 aromatic rings. The number of nitrogens with zero attached hydrogens (tertiary/aromatic N) is 2. The molecule has 0 aromatic heterocycles. The third-order valence-electron chi connectivity index (χ3n) is 4.37. The van der Waals surface area contributed by atoms with Crippen molar-refractivity contribution in [3.63, 3.8) is 0 Å². The van der Waals surface area contributed by atoms with Crippen molar-refractivity contribution in [1.29, 1.82) is 0 Å². The van der Waals surface area contributed by atoms with E-state index in [1.807, 2.05) is 7.05 Å². The zero-order chi connectivity index (χ0) is 13.3. The van der Waals surface area contributed by atoms with E-state index >= 15 is 0 Å². The molecular formula is C16H23N3. The van der Waals surface area contributed by atoms with Crippen LogP contribution in [-0.2, 0) is 5.41 Å². The van der Waals surface area contributed by atoms with Crippen LogP contribution in [0.3, 0.4) is 0 Å². The monoisotopic (exact) mass is 257 g/mol. The highest BCUT2D eigenvalue weighted by molar-refractivity contribution is 5.81. The molecule has 2 fully saturated rings. The van der Waals surface area contributed by atoms with Crippen molar-refractivity contribution < 1.29 is 0 Å². The normalized spacial score (nSPS) is 27.7. The Morgan fingerprint density at radius 3 is 2.68 bits per heavy atom. The van der Waals surface area contributed by atoms with E-state index in [0.717, 1.165) is 19.0 Å². The Hall–Kier alpha value is -1.51. The average molecular weight is 257 g/mol. The van der Waals surface area contributed by atoms with Crippen LogP contribution in [0, 0.1) is 0 Å². The molecule has 1 N–H and O–H groups in total. The van der Waals surface area contributed by atoms with Crippen LogP contribution in [0.1, 0.15) is 31.7 Å². The zero-order valence-electron chi connectivity index (χ0n) is 11.9. The van der Waals surface area contributed by atoms with Gasteiger partial charge in [-0.05, 0) is 24.8 Å². The minimum atomic E-state index is 0.252. The fourth-order valence-corrected chi connectivity index (χ4v) is 2.93. The number of hydrogen-bond acceptors (Lipinski definition) is 1. The molecule has 1 aromatic carbocycles. The van der Waals surface area contributed by atoms with Gasteiger partial charge in [0.05, 0.1) is 0 Å². The molecule has 1 saturated carbocycles. The second-order valence-electron chi connectivity index (χ2n) is 6.06. The van der Waals surface area contributed by atoms with Gasteiger partial charge in [0.25, 0.3) is 0 Å². The molecule has 1 atom stereocenters. The highest BCUT2D eigenvalue weighted by atomic mass is 15.3. The van der Waals surface area contributed by atoms with Crippen molar-refractivity contribution in [2.24, 2.45) is 4.99 Å². The summed E-state index contributed by atoms with van der Waals surface area (Å²) < 4.78 is 0. The maximum absolute atomic E-state index is 4.44. The standard InChI is InChI=1S/C16H23N3/c1-16(13-6-4-3-5-7-13)10-11-19(12-16)15(17-2)18-14-8-9-14/h3-7,14H,8-12H2,1-2H3,(H,17,18). The second kappa shape index (κ2) is 4.87. The van der Waals surface area contributed by atoms with Gasteiger partial charge in [0, 0.05) is 31.6 Å². The van der Waals surface area contributed by atoms with E-state index in [4.69, 9.17) is 0 Å². The molecule has 1 aliphatic carbocycles. The lowest BCUT2D eigenvalue weighted by Crippen LogP contribution is -2.42. The fourth-order valence-electron chi connectivity index (χ4n) is 2.93. The Kier molecular flexibility index (Phi) is 3.21. The van der Waals surface area contributed by atoms with Gasteiger partial charge < -0.3 is 10.2 Å². The van der Waals surface area contributed by atoms with Gasteiger partial charge in [-0.1, -0.05) is 37.3 Å². The van der Waals surface area contributed by atoms with Gasteiger partial charge in [0.2, 0.25) is 0 Å². The molecular weight excluding hydrogens is 234 g/mol. The molecule has 102 valence electrons. The van der Waals surface area contributed by atoms with Crippen LogP contribution < -0.4 is 5.32 Å². The van der Waals surface area contributed by atoms with E-state index in [-0.39, 0.29) is 5.41 Å². The summed E-state index contributed by atoms with van der Waals surface area (Å²) in [7, 11) is 1.89. The summed E-state index contributed by atoms with van der Waals surface area (Å²) in [6.07, 6.45) is 3.79. The molecule has 3 heteroatoms. The minimum Gasteiger partial charge on any atom is -0.354 e. The third-order valence-corrected chi connectivity index (χ3v) is 4.37. The summed E-state index contributed by atoms with van der Waals surface area (Å²) in [4.78, 5) is 6.85. The topological polar surface area (TPSA) is 27.6 Å². The summed E-state index contributed by atoms with van der Waals surface area (Å²) in [5.41, 5.74) is 1.70. The van der Waals surface area contributed by atoms with Gasteiger partial charge in [0.1, 0.15) is 0 Å². The molecule has 1 unspecified atom stereocenters. The van der Waals surface area contributed by atoms with E-state index in [2.05, 4.69) is 52.5 Å². The fraction of sp³-hybridized carbons (Fsp3) is 0.562. The Morgan fingerprint density at radius 1 is 1.32 bits per heavy atom. The zero-order valence-corrected chi connectivity index (χ0v) is 11.9. The maximum Gasteiger partial charge on any atom is 0.193 e. The molecule has 1 saturated heterocycles. The SMILES string of the molecule is CN=C(NC1CC1)N1CCC(C)(c2ccccc2)C1. The van der Waals surface area contributed by atoms with Gasteiger partial charge in [-0.2, -0.15) is 0 Å². The van der Waals surface area contributed by atoms with Crippen LogP contribution >= 0.6 is 0 Å². The van der Waals surface area contributed by atoms with Gasteiger partial charge in [0.15, 0.2) is 5.96 Å². The van der Waals surface area contributed by atoms with Crippen molar-refractivity contribution in [3.8, 4) is 0 Å². The number of likely N-dealkylation sites (tertiary alicyclic amines) is 1. The second-order valence-corrected chi connectivity index (χ2v) is 6.06. The molecule has 2 aliphatic rings. The molecule has 3 nitrogen and oxygen atoms in total. The quantitative estimate of drug-likeness (QED) is 0.651. The number of benzene rings is 1. The van der Waals surface area contributed by atoms with Crippen LogP contribution in [0.2, 0.25) is 0 Å². The molecule has 0 spiro atoms. The molecule has 1 aliphatic heterocycles. The third kappa shape index (κ3) is 2.60. The van der Waals surface area contributed by atoms with Gasteiger partial charge in [-0.15, -0.1) is 0 Å². The summed E-state index contributed by atoms with van der Waals surface area (Å²) >= 11 is 0. The molecule has 3 rings (SSSR count). The van der Waals surface area contributed by atoms with E-state index in [1.54, 1.807) is 0 Å². The van der Waals surface area contributed by atoms with E-state index in [9.17, 15) is 0 Å². The molecule has 19 heavy (non-hydrogen) atoms.